The second-order valence-corrected chi connectivity index (χ2v) is 5.72. The Bertz CT molecular complexity index is 364. The molecule has 2 rings (SSSR count). The van der Waals surface area contributed by atoms with Crippen LogP contribution in [0.5, 0.6) is 0 Å². The lowest BCUT2D eigenvalue weighted by Crippen LogP contribution is -2.38. The third-order valence-corrected chi connectivity index (χ3v) is 4.01. The number of benzene rings is 1. The van der Waals surface area contributed by atoms with Crippen molar-refractivity contribution in [3.05, 3.63) is 35.9 Å². The first-order chi connectivity index (χ1) is 10.4. The number of hydrogen-bond donors (Lipinski definition) is 1. The molecule has 0 spiro atoms. The van der Waals surface area contributed by atoms with Crippen molar-refractivity contribution in [2.45, 2.75) is 19.4 Å². The zero-order chi connectivity index (χ0) is 14.8. The van der Waals surface area contributed by atoms with Crippen LogP contribution in [0.2, 0.25) is 0 Å². The molecule has 0 radical (unpaired) electrons. The SMILES string of the molecule is COCCNCC1CCN(COCc2ccccc2)CC1. The summed E-state index contributed by atoms with van der Waals surface area (Å²) in [6.45, 7) is 6.61. The van der Waals surface area contributed by atoms with E-state index in [4.69, 9.17) is 9.47 Å². The molecule has 4 nitrogen and oxygen atoms in total. The van der Waals surface area contributed by atoms with Gasteiger partial charge in [-0.3, -0.25) is 4.90 Å². The maximum absolute atomic E-state index is 5.80. The Labute approximate surface area is 128 Å². The van der Waals surface area contributed by atoms with Gasteiger partial charge in [-0.25, -0.2) is 0 Å². The molecule has 1 heterocycles. The molecule has 1 aromatic carbocycles. The van der Waals surface area contributed by atoms with E-state index in [1.54, 1.807) is 7.11 Å². The van der Waals surface area contributed by atoms with Crippen LogP contribution in [0.3, 0.4) is 0 Å². The summed E-state index contributed by atoms with van der Waals surface area (Å²) in [5.41, 5.74) is 1.25. The fourth-order valence-electron chi connectivity index (χ4n) is 2.67. The Morgan fingerprint density at radius 1 is 1.19 bits per heavy atom. The lowest BCUT2D eigenvalue weighted by Gasteiger charge is -2.31. The van der Waals surface area contributed by atoms with E-state index in [1.165, 1.54) is 18.4 Å². The normalized spacial score (nSPS) is 17.2. The van der Waals surface area contributed by atoms with Gasteiger partial charge >= 0.3 is 0 Å². The minimum absolute atomic E-state index is 0.708. The summed E-state index contributed by atoms with van der Waals surface area (Å²) < 4.78 is 10.8. The first kappa shape index (κ1) is 16.4. The third kappa shape index (κ3) is 6.57. The Morgan fingerprint density at radius 2 is 1.95 bits per heavy atom. The average molecular weight is 292 g/mol. The first-order valence-electron chi connectivity index (χ1n) is 7.92. The summed E-state index contributed by atoms with van der Waals surface area (Å²) in [5, 5.41) is 3.46. The van der Waals surface area contributed by atoms with E-state index < -0.39 is 0 Å². The van der Waals surface area contributed by atoms with Gasteiger partial charge in [0.15, 0.2) is 0 Å². The van der Waals surface area contributed by atoms with Gasteiger partial charge in [0.25, 0.3) is 0 Å². The van der Waals surface area contributed by atoms with Gasteiger partial charge in [-0.15, -0.1) is 0 Å². The fraction of sp³-hybridized carbons (Fsp3) is 0.647. The molecular formula is C17H28N2O2. The van der Waals surface area contributed by atoms with Crippen molar-refractivity contribution in [3.63, 3.8) is 0 Å². The third-order valence-electron chi connectivity index (χ3n) is 4.01. The summed E-state index contributed by atoms with van der Waals surface area (Å²) in [4.78, 5) is 2.41. The van der Waals surface area contributed by atoms with Crippen LogP contribution in [0.15, 0.2) is 30.3 Å². The maximum Gasteiger partial charge on any atom is 0.0994 e. The highest BCUT2D eigenvalue weighted by Crippen LogP contribution is 2.16. The Hall–Kier alpha value is -0.940. The molecule has 0 amide bonds. The molecule has 1 saturated heterocycles. The van der Waals surface area contributed by atoms with Crippen molar-refractivity contribution in [1.29, 1.82) is 0 Å². The highest BCUT2D eigenvalue weighted by molar-refractivity contribution is 5.13. The molecule has 0 aromatic heterocycles. The van der Waals surface area contributed by atoms with Gasteiger partial charge in [0.2, 0.25) is 0 Å². The zero-order valence-electron chi connectivity index (χ0n) is 13.1. The van der Waals surface area contributed by atoms with Crippen molar-refractivity contribution >= 4 is 0 Å². The maximum atomic E-state index is 5.80. The fourth-order valence-corrected chi connectivity index (χ4v) is 2.67. The predicted molar refractivity (Wildman–Crippen MR) is 85.1 cm³/mol. The molecule has 1 aliphatic heterocycles. The molecule has 0 unspecified atom stereocenters. The van der Waals surface area contributed by atoms with E-state index in [2.05, 4.69) is 34.5 Å². The van der Waals surface area contributed by atoms with Gasteiger partial charge in [-0.2, -0.15) is 0 Å². The van der Waals surface area contributed by atoms with Crippen LogP contribution in [0, 0.1) is 5.92 Å². The smallest absolute Gasteiger partial charge is 0.0994 e. The largest absolute Gasteiger partial charge is 0.383 e. The summed E-state index contributed by atoms with van der Waals surface area (Å²) in [6.07, 6.45) is 2.52. The van der Waals surface area contributed by atoms with E-state index in [1.807, 2.05) is 6.07 Å². The molecule has 118 valence electrons. The van der Waals surface area contributed by atoms with E-state index in [9.17, 15) is 0 Å². The number of nitrogens with zero attached hydrogens (tertiary/aromatic N) is 1. The van der Waals surface area contributed by atoms with E-state index in [-0.39, 0.29) is 0 Å². The zero-order valence-corrected chi connectivity index (χ0v) is 13.1. The van der Waals surface area contributed by atoms with Crippen molar-refractivity contribution in [2.24, 2.45) is 5.92 Å². The molecule has 1 fully saturated rings. The molecule has 21 heavy (non-hydrogen) atoms. The molecule has 0 atom stereocenters. The van der Waals surface area contributed by atoms with Crippen molar-refractivity contribution in [1.82, 2.24) is 10.2 Å². The topological polar surface area (TPSA) is 33.7 Å². The number of ether oxygens (including phenoxy) is 2. The summed E-state index contributed by atoms with van der Waals surface area (Å²) >= 11 is 0. The summed E-state index contributed by atoms with van der Waals surface area (Å²) in [6, 6.07) is 10.4. The minimum atomic E-state index is 0.708. The molecule has 0 bridgehead atoms. The summed E-state index contributed by atoms with van der Waals surface area (Å²) in [7, 11) is 1.75. The lowest BCUT2D eigenvalue weighted by atomic mass is 9.97. The van der Waals surface area contributed by atoms with Crippen LogP contribution in [0.1, 0.15) is 18.4 Å². The Morgan fingerprint density at radius 3 is 2.67 bits per heavy atom. The van der Waals surface area contributed by atoms with Crippen molar-refractivity contribution in [3.8, 4) is 0 Å². The number of piperidine rings is 1. The number of methoxy groups -OCH3 is 1. The number of likely N-dealkylation sites (tertiary alicyclic amines) is 1. The second-order valence-electron chi connectivity index (χ2n) is 5.72. The monoisotopic (exact) mass is 292 g/mol. The van der Waals surface area contributed by atoms with Gasteiger partial charge in [-0.1, -0.05) is 30.3 Å². The number of rotatable bonds is 9. The molecule has 0 aliphatic carbocycles. The predicted octanol–water partition coefficient (Wildman–Crippen LogP) is 2.11. The van der Waals surface area contributed by atoms with Crippen LogP contribution >= 0.6 is 0 Å². The van der Waals surface area contributed by atoms with Crippen molar-refractivity contribution < 1.29 is 9.47 Å². The van der Waals surface area contributed by atoms with Crippen molar-refractivity contribution in [2.75, 3.05) is 46.6 Å². The second kappa shape index (κ2) is 9.90. The van der Waals surface area contributed by atoms with Gasteiger partial charge in [-0.05, 0) is 30.9 Å². The van der Waals surface area contributed by atoms with E-state index in [0.717, 1.165) is 45.4 Å². The Kier molecular flexibility index (Phi) is 7.75. The molecular weight excluding hydrogens is 264 g/mol. The molecule has 1 N–H and O–H groups in total. The molecule has 1 aliphatic rings. The van der Waals surface area contributed by atoms with Crippen LogP contribution in [0.25, 0.3) is 0 Å². The van der Waals surface area contributed by atoms with Gasteiger partial charge in [0.05, 0.1) is 19.9 Å². The standard InChI is InChI=1S/C17H28N2O2/c1-20-12-9-18-13-16-7-10-19(11-8-16)15-21-14-17-5-3-2-4-6-17/h2-6,16,18H,7-15H2,1H3. The van der Waals surface area contributed by atoms with Gasteiger partial charge in [0.1, 0.15) is 0 Å². The van der Waals surface area contributed by atoms with E-state index in [0.29, 0.717) is 6.61 Å². The number of hydrogen-bond acceptors (Lipinski definition) is 4. The minimum Gasteiger partial charge on any atom is -0.383 e. The number of nitrogens with one attached hydrogen (secondary N) is 1. The Balaban J connectivity index is 1.53. The highest BCUT2D eigenvalue weighted by atomic mass is 16.5. The molecule has 0 saturated carbocycles. The highest BCUT2D eigenvalue weighted by Gasteiger charge is 2.18. The van der Waals surface area contributed by atoms with Gasteiger partial charge in [0, 0.05) is 26.7 Å². The quantitative estimate of drug-likeness (QED) is 0.707. The van der Waals surface area contributed by atoms with Crippen LogP contribution < -0.4 is 5.32 Å². The lowest BCUT2D eigenvalue weighted by molar-refractivity contribution is 0.00216. The average Bonchev–Trinajstić information content (AvgIpc) is 2.54. The molecule has 4 heteroatoms. The summed E-state index contributed by atoms with van der Waals surface area (Å²) in [5.74, 6) is 0.798. The molecule has 1 aromatic rings. The van der Waals surface area contributed by atoms with Gasteiger partial charge < -0.3 is 14.8 Å². The van der Waals surface area contributed by atoms with Crippen LogP contribution in [-0.4, -0.2) is 51.5 Å². The van der Waals surface area contributed by atoms with Crippen LogP contribution in [0.4, 0.5) is 0 Å². The first-order valence-corrected chi connectivity index (χ1v) is 7.92. The van der Waals surface area contributed by atoms with Crippen LogP contribution in [-0.2, 0) is 16.1 Å². The van der Waals surface area contributed by atoms with E-state index >= 15 is 0 Å².